The molecule has 4 rings (SSSR count). The summed E-state index contributed by atoms with van der Waals surface area (Å²) >= 11 is 1.80. The van der Waals surface area contributed by atoms with Gasteiger partial charge in [0.05, 0.1) is 0 Å². The molecule has 0 spiro atoms. The van der Waals surface area contributed by atoms with Gasteiger partial charge in [-0.05, 0) is 24.6 Å². The van der Waals surface area contributed by atoms with Crippen LogP contribution in [0, 0.1) is 6.92 Å². The first kappa shape index (κ1) is 16.6. The van der Waals surface area contributed by atoms with Crippen molar-refractivity contribution in [2.75, 3.05) is 5.32 Å². The van der Waals surface area contributed by atoms with Crippen molar-refractivity contribution in [3.05, 3.63) is 78.4 Å². The predicted molar refractivity (Wildman–Crippen MR) is 112 cm³/mol. The molecule has 1 N–H and O–H groups in total. The van der Waals surface area contributed by atoms with Gasteiger partial charge in [-0.2, -0.15) is 0 Å². The van der Waals surface area contributed by atoms with Gasteiger partial charge in [0.1, 0.15) is 0 Å². The fourth-order valence-electron chi connectivity index (χ4n) is 3.30. The van der Waals surface area contributed by atoms with Crippen LogP contribution in [0.2, 0.25) is 0 Å². The number of carbonyl (C=O) groups excluding carboxylic acids is 1. The van der Waals surface area contributed by atoms with Crippen molar-refractivity contribution >= 4 is 33.0 Å². The summed E-state index contributed by atoms with van der Waals surface area (Å²) in [6.07, 6.45) is 0. The Balaban J connectivity index is 2.04. The highest BCUT2D eigenvalue weighted by Crippen LogP contribution is 2.46. The zero-order valence-electron chi connectivity index (χ0n) is 14.7. The summed E-state index contributed by atoms with van der Waals surface area (Å²) in [4.78, 5) is 12.9. The van der Waals surface area contributed by atoms with E-state index < -0.39 is 0 Å². The molecule has 4 aromatic rings. The smallest absolute Gasteiger partial charge is 0.221 e. The maximum absolute atomic E-state index is 11.7. The van der Waals surface area contributed by atoms with Gasteiger partial charge in [0.2, 0.25) is 5.91 Å². The molecule has 3 aromatic carbocycles. The average molecular weight is 357 g/mol. The van der Waals surface area contributed by atoms with E-state index >= 15 is 0 Å². The third kappa shape index (κ3) is 3.02. The van der Waals surface area contributed by atoms with Gasteiger partial charge in [-0.1, -0.05) is 66.2 Å². The Morgan fingerprint density at radius 2 is 1.69 bits per heavy atom. The number of rotatable bonds is 3. The lowest BCUT2D eigenvalue weighted by Gasteiger charge is -2.12. The molecule has 26 heavy (non-hydrogen) atoms. The number of hydrogen-bond donors (Lipinski definition) is 1. The summed E-state index contributed by atoms with van der Waals surface area (Å²) in [5.41, 5.74) is 5.52. The van der Waals surface area contributed by atoms with Gasteiger partial charge in [-0.3, -0.25) is 4.79 Å². The molecule has 1 aromatic heterocycles. The van der Waals surface area contributed by atoms with Gasteiger partial charge >= 0.3 is 0 Å². The normalized spacial score (nSPS) is 10.8. The molecule has 0 aliphatic rings. The van der Waals surface area contributed by atoms with Gasteiger partial charge in [-0.25, -0.2) is 0 Å². The minimum atomic E-state index is -0.0610. The standard InChI is InChI=1S/C23H19NOS/c1-15-8-7-9-17(14-15)23-22(19-11-4-6-13-21(19)26-23)18-10-3-5-12-20(18)24-16(2)25/h3-14H,1-2H3,(H,24,25). The minimum absolute atomic E-state index is 0.0610. The number of thiophene rings is 1. The van der Waals surface area contributed by atoms with Crippen LogP contribution >= 0.6 is 11.3 Å². The fourth-order valence-corrected chi connectivity index (χ4v) is 4.52. The van der Waals surface area contributed by atoms with Gasteiger partial charge in [0.15, 0.2) is 0 Å². The number of hydrogen-bond acceptors (Lipinski definition) is 2. The van der Waals surface area contributed by atoms with E-state index in [2.05, 4.69) is 66.8 Å². The van der Waals surface area contributed by atoms with Crippen LogP contribution < -0.4 is 5.32 Å². The van der Waals surface area contributed by atoms with Crippen LogP contribution in [0.4, 0.5) is 5.69 Å². The minimum Gasteiger partial charge on any atom is -0.326 e. The van der Waals surface area contributed by atoms with Crippen LogP contribution in [-0.2, 0) is 4.79 Å². The summed E-state index contributed by atoms with van der Waals surface area (Å²) < 4.78 is 1.25. The van der Waals surface area contributed by atoms with E-state index in [0.717, 1.165) is 11.3 Å². The highest BCUT2D eigenvalue weighted by molar-refractivity contribution is 7.23. The third-order valence-corrected chi connectivity index (χ3v) is 5.60. The molecule has 0 atom stereocenters. The molecular formula is C23H19NOS. The van der Waals surface area contributed by atoms with Crippen molar-refractivity contribution < 1.29 is 4.79 Å². The van der Waals surface area contributed by atoms with Gasteiger partial charge in [0.25, 0.3) is 0 Å². The zero-order chi connectivity index (χ0) is 18.1. The number of fused-ring (bicyclic) bond motifs is 1. The molecule has 2 nitrogen and oxygen atoms in total. The topological polar surface area (TPSA) is 29.1 Å². The maximum Gasteiger partial charge on any atom is 0.221 e. The highest BCUT2D eigenvalue weighted by atomic mass is 32.1. The zero-order valence-corrected chi connectivity index (χ0v) is 15.6. The molecule has 0 bridgehead atoms. The van der Waals surface area contributed by atoms with Gasteiger partial charge in [-0.15, -0.1) is 11.3 Å². The Labute approximate surface area is 157 Å². The molecule has 3 heteroatoms. The molecule has 1 heterocycles. The van der Waals surface area contributed by atoms with E-state index in [4.69, 9.17) is 0 Å². The lowest BCUT2D eigenvalue weighted by atomic mass is 9.97. The van der Waals surface area contributed by atoms with E-state index in [0.29, 0.717) is 0 Å². The van der Waals surface area contributed by atoms with Crippen LogP contribution in [0.15, 0.2) is 72.8 Å². The number of amides is 1. The second-order valence-corrected chi connectivity index (χ2v) is 7.45. The molecule has 1 amide bonds. The van der Waals surface area contributed by atoms with Gasteiger partial charge < -0.3 is 5.32 Å². The van der Waals surface area contributed by atoms with Crippen molar-refractivity contribution in [3.63, 3.8) is 0 Å². The lowest BCUT2D eigenvalue weighted by Crippen LogP contribution is -2.06. The molecule has 0 fully saturated rings. The second-order valence-electron chi connectivity index (χ2n) is 6.40. The van der Waals surface area contributed by atoms with Crippen molar-refractivity contribution in [1.29, 1.82) is 0 Å². The first-order valence-corrected chi connectivity index (χ1v) is 9.40. The molecular weight excluding hydrogens is 338 g/mol. The molecule has 0 radical (unpaired) electrons. The number of carbonyl (C=O) groups is 1. The maximum atomic E-state index is 11.7. The third-order valence-electron chi connectivity index (χ3n) is 4.38. The Hall–Kier alpha value is -2.91. The number of benzene rings is 3. The SMILES string of the molecule is CC(=O)Nc1ccccc1-c1c(-c2cccc(C)c2)sc2ccccc12. The second kappa shape index (κ2) is 6.77. The molecule has 128 valence electrons. The van der Waals surface area contributed by atoms with Crippen LogP contribution in [0.5, 0.6) is 0 Å². The van der Waals surface area contributed by atoms with Crippen LogP contribution in [0.25, 0.3) is 31.7 Å². The number of para-hydroxylation sites is 1. The predicted octanol–water partition coefficient (Wildman–Crippen LogP) is 6.50. The Bertz CT molecular complexity index is 1110. The monoisotopic (exact) mass is 357 g/mol. The van der Waals surface area contributed by atoms with Crippen molar-refractivity contribution in [2.45, 2.75) is 13.8 Å². The molecule has 0 aliphatic heterocycles. The Kier molecular flexibility index (Phi) is 4.31. The van der Waals surface area contributed by atoms with E-state index in [-0.39, 0.29) is 5.91 Å². The van der Waals surface area contributed by atoms with Crippen LogP contribution in [-0.4, -0.2) is 5.91 Å². The van der Waals surface area contributed by atoms with Crippen molar-refractivity contribution in [2.24, 2.45) is 0 Å². The Morgan fingerprint density at radius 1 is 0.923 bits per heavy atom. The largest absolute Gasteiger partial charge is 0.326 e. The first-order chi connectivity index (χ1) is 12.6. The van der Waals surface area contributed by atoms with E-state index in [1.54, 1.807) is 18.3 Å². The van der Waals surface area contributed by atoms with E-state index in [1.165, 1.54) is 31.7 Å². The quantitative estimate of drug-likeness (QED) is 0.445. The summed E-state index contributed by atoms with van der Waals surface area (Å²) in [5.74, 6) is -0.0610. The average Bonchev–Trinajstić information content (AvgIpc) is 3.01. The molecule has 0 aliphatic carbocycles. The van der Waals surface area contributed by atoms with Crippen molar-refractivity contribution in [3.8, 4) is 21.6 Å². The van der Waals surface area contributed by atoms with Crippen molar-refractivity contribution in [1.82, 2.24) is 0 Å². The molecule has 0 saturated heterocycles. The number of aryl methyl sites for hydroxylation is 1. The lowest BCUT2D eigenvalue weighted by molar-refractivity contribution is -0.114. The summed E-state index contributed by atoms with van der Waals surface area (Å²) in [7, 11) is 0. The summed E-state index contributed by atoms with van der Waals surface area (Å²) in [5, 5.41) is 4.20. The summed E-state index contributed by atoms with van der Waals surface area (Å²) in [6.45, 7) is 3.66. The summed E-state index contributed by atoms with van der Waals surface area (Å²) in [6, 6.07) is 25.1. The number of nitrogens with one attached hydrogen (secondary N) is 1. The van der Waals surface area contributed by atoms with E-state index in [9.17, 15) is 4.79 Å². The Morgan fingerprint density at radius 3 is 2.50 bits per heavy atom. The number of anilines is 1. The molecule has 0 unspecified atom stereocenters. The fraction of sp³-hybridized carbons (Fsp3) is 0.0870. The molecule has 0 saturated carbocycles. The first-order valence-electron chi connectivity index (χ1n) is 8.59. The van der Waals surface area contributed by atoms with Gasteiger partial charge in [0, 0.05) is 38.7 Å². The highest BCUT2D eigenvalue weighted by Gasteiger charge is 2.18. The van der Waals surface area contributed by atoms with E-state index in [1.807, 2.05) is 18.2 Å². The van der Waals surface area contributed by atoms with Crippen LogP contribution in [0.3, 0.4) is 0 Å². The van der Waals surface area contributed by atoms with Crippen LogP contribution in [0.1, 0.15) is 12.5 Å².